The fourth-order valence-electron chi connectivity index (χ4n) is 4.33. The number of aromatic nitrogens is 2. The molecule has 1 aromatic heterocycles. The zero-order valence-corrected chi connectivity index (χ0v) is 17.6. The van der Waals surface area contributed by atoms with Crippen LogP contribution in [0.15, 0.2) is 48.5 Å². The van der Waals surface area contributed by atoms with Gasteiger partial charge in [0.2, 0.25) is 5.13 Å². The van der Waals surface area contributed by atoms with E-state index in [1.54, 1.807) is 17.4 Å². The number of allylic oxidation sites excluding steroid dienone is 1. The summed E-state index contributed by atoms with van der Waals surface area (Å²) < 4.78 is 14.3. The van der Waals surface area contributed by atoms with Gasteiger partial charge < -0.3 is 10.6 Å². The van der Waals surface area contributed by atoms with E-state index < -0.39 is 0 Å². The minimum absolute atomic E-state index is 0.183. The zero-order chi connectivity index (χ0) is 20.3. The first-order valence-corrected chi connectivity index (χ1v) is 11.5. The molecule has 2 heterocycles. The van der Waals surface area contributed by atoms with Gasteiger partial charge in [0.25, 0.3) is 0 Å². The van der Waals surface area contributed by atoms with Gasteiger partial charge in [-0.3, -0.25) is 0 Å². The van der Waals surface area contributed by atoms with Crippen molar-refractivity contribution in [2.24, 2.45) is 0 Å². The second kappa shape index (κ2) is 8.66. The van der Waals surface area contributed by atoms with Gasteiger partial charge >= 0.3 is 0 Å². The Morgan fingerprint density at radius 1 is 1.10 bits per heavy atom. The van der Waals surface area contributed by atoms with Gasteiger partial charge in [0.1, 0.15) is 10.8 Å². The van der Waals surface area contributed by atoms with Crippen molar-refractivity contribution in [2.75, 3.05) is 18.4 Å². The third-order valence-corrected chi connectivity index (χ3v) is 6.87. The number of piperidine rings is 1. The van der Waals surface area contributed by atoms with E-state index in [1.165, 1.54) is 30.9 Å². The summed E-state index contributed by atoms with van der Waals surface area (Å²) in [6.07, 6.45) is 7.91. The van der Waals surface area contributed by atoms with Crippen LogP contribution in [-0.4, -0.2) is 29.3 Å². The number of nitrogens with one attached hydrogen (secondary N) is 2. The molecule has 1 fully saturated rings. The summed E-state index contributed by atoms with van der Waals surface area (Å²) in [6, 6.07) is 13.9. The maximum Gasteiger partial charge on any atom is 0.206 e. The van der Waals surface area contributed by atoms with Crippen LogP contribution in [-0.2, 0) is 6.42 Å². The van der Waals surface area contributed by atoms with Crippen LogP contribution in [0.25, 0.3) is 16.1 Å². The van der Waals surface area contributed by atoms with Crippen LogP contribution < -0.4 is 10.6 Å². The number of hydrogen-bond donors (Lipinski definition) is 2. The highest BCUT2D eigenvalue weighted by molar-refractivity contribution is 7.18. The third-order valence-electron chi connectivity index (χ3n) is 5.94. The van der Waals surface area contributed by atoms with E-state index in [4.69, 9.17) is 0 Å². The van der Waals surface area contributed by atoms with Crippen LogP contribution in [0.3, 0.4) is 0 Å². The van der Waals surface area contributed by atoms with Crippen molar-refractivity contribution < 1.29 is 4.39 Å². The predicted molar refractivity (Wildman–Crippen MR) is 121 cm³/mol. The molecule has 1 aliphatic heterocycles. The van der Waals surface area contributed by atoms with Gasteiger partial charge in [0.15, 0.2) is 0 Å². The second-order valence-electron chi connectivity index (χ2n) is 7.95. The standard InChI is InChI=1S/C24H25FN4S/c25-22-7-2-1-6-20(22)19-11-10-16-8-9-17(15-21(16)19)23-28-29-24(30-23)27-14-12-18-5-3-4-13-26-18/h1-2,6-9,11,15,18,26H,3-5,10,12-14H2,(H,27,29)/t18-/m0/s1. The second-order valence-corrected chi connectivity index (χ2v) is 8.93. The summed E-state index contributed by atoms with van der Waals surface area (Å²) in [5.74, 6) is -0.183. The van der Waals surface area contributed by atoms with Crippen molar-refractivity contribution in [3.8, 4) is 10.6 Å². The molecular weight excluding hydrogens is 395 g/mol. The van der Waals surface area contributed by atoms with Crippen molar-refractivity contribution in [1.29, 1.82) is 0 Å². The van der Waals surface area contributed by atoms with Gasteiger partial charge in [-0.25, -0.2) is 4.39 Å². The van der Waals surface area contributed by atoms with Crippen LogP contribution in [0.1, 0.15) is 42.4 Å². The quantitative estimate of drug-likeness (QED) is 0.570. The van der Waals surface area contributed by atoms with E-state index in [2.05, 4.69) is 45.1 Å². The Bertz CT molecular complexity index is 1070. The largest absolute Gasteiger partial charge is 0.360 e. The molecule has 0 amide bonds. The number of rotatable bonds is 6. The molecule has 0 saturated carbocycles. The van der Waals surface area contributed by atoms with E-state index in [0.717, 1.165) is 52.8 Å². The average molecular weight is 421 g/mol. The SMILES string of the molecule is Fc1ccccc1C1=CCc2ccc(-c3nnc(NCC[C@@H]4CCCCN4)s3)cc21. The summed E-state index contributed by atoms with van der Waals surface area (Å²) >= 11 is 1.57. The van der Waals surface area contributed by atoms with Gasteiger partial charge in [0, 0.05) is 23.7 Å². The molecule has 0 spiro atoms. The minimum atomic E-state index is -0.183. The number of fused-ring (bicyclic) bond motifs is 1. The molecule has 30 heavy (non-hydrogen) atoms. The molecule has 0 radical (unpaired) electrons. The lowest BCUT2D eigenvalue weighted by Crippen LogP contribution is -2.35. The summed E-state index contributed by atoms with van der Waals surface area (Å²) in [7, 11) is 0. The molecule has 0 bridgehead atoms. The van der Waals surface area contributed by atoms with Gasteiger partial charge in [-0.2, -0.15) is 0 Å². The summed E-state index contributed by atoms with van der Waals surface area (Å²) in [5.41, 5.74) is 4.96. The lowest BCUT2D eigenvalue weighted by molar-refractivity contribution is 0.389. The summed E-state index contributed by atoms with van der Waals surface area (Å²) in [5, 5.41) is 17.4. The third kappa shape index (κ3) is 4.02. The number of anilines is 1. The molecule has 2 N–H and O–H groups in total. The van der Waals surface area contributed by atoms with E-state index in [9.17, 15) is 4.39 Å². The molecule has 5 rings (SSSR count). The highest BCUT2D eigenvalue weighted by atomic mass is 32.1. The van der Waals surface area contributed by atoms with E-state index in [0.29, 0.717) is 11.6 Å². The van der Waals surface area contributed by atoms with Crippen LogP contribution in [0, 0.1) is 5.82 Å². The van der Waals surface area contributed by atoms with E-state index in [-0.39, 0.29) is 5.82 Å². The predicted octanol–water partition coefficient (Wildman–Crippen LogP) is 5.28. The Kier molecular flexibility index (Phi) is 5.60. The molecule has 2 aromatic carbocycles. The van der Waals surface area contributed by atoms with E-state index in [1.807, 2.05) is 12.1 Å². The van der Waals surface area contributed by atoms with Crippen LogP contribution in [0.2, 0.25) is 0 Å². The average Bonchev–Trinajstić information content (AvgIpc) is 3.42. The van der Waals surface area contributed by atoms with E-state index >= 15 is 0 Å². The fourth-order valence-corrected chi connectivity index (χ4v) is 5.10. The maximum absolute atomic E-state index is 14.3. The van der Waals surface area contributed by atoms with Crippen LogP contribution in [0.4, 0.5) is 9.52 Å². The number of hydrogen-bond acceptors (Lipinski definition) is 5. The molecule has 1 saturated heterocycles. The first kappa shape index (κ1) is 19.4. The highest BCUT2D eigenvalue weighted by Crippen LogP contribution is 2.37. The monoisotopic (exact) mass is 420 g/mol. The van der Waals surface area contributed by atoms with Crippen LogP contribution in [0.5, 0.6) is 0 Å². The fraction of sp³-hybridized carbons (Fsp3) is 0.333. The van der Waals surface area contributed by atoms with Gasteiger partial charge in [0.05, 0.1) is 0 Å². The molecule has 4 nitrogen and oxygen atoms in total. The Balaban J connectivity index is 1.30. The molecule has 1 aliphatic carbocycles. The first-order chi connectivity index (χ1) is 14.8. The van der Waals surface area contributed by atoms with Gasteiger partial charge in [-0.15, -0.1) is 10.2 Å². The van der Waals surface area contributed by atoms with Gasteiger partial charge in [-0.1, -0.05) is 54.2 Å². The zero-order valence-electron chi connectivity index (χ0n) is 16.8. The molecule has 3 aromatic rings. The summed E-state index contributed by atoms with van der Waals surface area (Å²) in [6.45, 7) is 2.03. The van der Waals surface area contributed by atoms with Crippen molar-refractivity contribution in [2.45, 2.75) is 38.1 Å². The lowest BCUT2D eigenvalue weighted by atomic mass is 9.97. The minimum Gasteiger partial charge on any atom is -0.360 e. The Hall–Kier alpha value is -2.57. The Morgan fingerprint density at radius 2 is 2.03 bits per heavy atom. The summed E-state index contributed by atoms with van der Waals surface area (Å²) in [4.78, 5) is 0. The molecule has 6 heteroatoms. The molecule has 1 atom stereocenters. The normalized spacial score (nSPS) is 18.2. The van der Waals surface area contributed by atoms with Crippen molar-refractivity contribution >= 4 is 22.0 Å². The molecule has 2 aliphatic rings. The molecule has 154 valence electrons. The smallest absolute Gasteiger partial charge is 0.206 e. The Labute approximate surface area is 180 Å². The topological polar surface area (TPSA) is 49.8 Å². The Morgan fingerprint density at radius 3 is 2.90 bits per heavy atom. The number of benzene rings is 2. The lowest BCUT2D eigenvalue weighted by Gasteiger charge is -2.23. The molecule has 0 unspecified atom stereocenters. The van der Waals surface area contributed by atoms with Crippen molar-refractivity contribution in [3.05, 3.63) is 71.0 Å². The van der Waals surface area contributed by atoms with Crippen molar-refractivity contribution in [3.63, 3.8) is 0 Å². The first-order valence-electron chi connectivity index (χ1n) is 10.7. The van der Waals surface area contributed by atoms with Gasteiger partial charge in [-0.05, 0) is 61.1 Å². The number of nitrogens with zero attached hydrogens (tertiary/aromatic N) is 2. The maximum atomic E-state index is 14.3. The molecular formula is C24H25FN4S. The van der Waals surface area contributed by atoms with Crippen LogP contribution >= 0.6 is 11.3 Å². The number of halogens is 1. The highest BCUT2D eigenvalue weighted by Gasteiger charge is 2.20. The van der Waals surface area contributed by atoms with Crippen molar-refractivity contribution in [1.82, 2.24) is 15.5 Å².